The highest BCUT2D eigenvalue weighted by atomic mass is 16.5. The third-order valence-corrected chi connectivity index (χ3v) is 4.36. The summed E-state index contributed by atoms with van der Waals surface area (Å²) in [5.74, 6) is 0.247. The molecule has 3 rings (SSSR count). The van der Waals surface area contributed by atoms with Gasteiger partial charge in [-0.05, 0) is 32.6 Å². The predicted molar refractivity (Wildman–Crippen MR) is 68.4 cm³/mol. The number of urea groups is 1. The van der Waals surface area contributed by atoms with Crippen LogP contribution in [0.5, 0.6) is 0 Å². The van der Waals surface area contributed by atoms with Crippen LogP contribution in [0.3, 0.4) is 0 Å². The van der Waals surface area contributed by atoms with Crippen molar-refractivity contribution in [2.24, 2.45) is 5.92 Å². The molecular weight excluding hydrogens is 246 g/mol. The van der Waals surface area contributed by atoms with Crippen molar-refractivity contribution in [1.82, 2.24) is 15.1 Å². The van der Waals surface area contributed by atoms with Gasteiger partial charge in [-0.15, -0.1) is 0 Å². The van der Waals surface area contributed by atoms with Crippen molar-refractivity contribution in [2.75, 3.05) is 26.4 Å². The summed E-state index contributed by atoms with van der Waals surface area (Å²) < 4.78 is 5.47. The van der Waals surface area contributed by atoms with Crippen molar-refractivity contribution in [3.05, 3.63) is 0 Å². The number of nitrogens with zero attached hydrogens (tertiary/aromatic N) is 2. The van der Waals surface area contributed by atoms with Crippen LogP contribution in [-0.4, -0.2) is 59.7 Å². The first kappa shape index (κ1) is 12.9. The summed E-state index contributed by atoms with van der Waals surface area (Å²) in [4.78, 5) is 27.9. The quantitative estimate of drug-likeness (QED) is 0.751. The fraction of sp³-hybridized carbons (Fsp3) is 0.846. The second-order valence-electron chi connectivity index (χ2n) is 6.04. The van der Waals surface area contributed by atoms with E-state index < -0.39 is 5.54 Å². The molecule has 0 aromatic rings. The van der Waals surface area contributed by atoms with Crippen molar-refractivity contribution >= 4 is 11.9 Å². The molecule has 6 nitrogen and oxygen atoms in total. The van der Waals surface area contributed by atoms with Gasteiger partial charge in [-0.25, -0.2) is 9.69 Å². The van der Waals surface area contributed by atoms with Gasteiger partial charge < -0.3 is 10.1 Å². The standard InChI is InChI=1S/C13H21N3O3/c1-9-7-15(5-6-19-9)8-16-11(17)13(2,10-3-4-10)14-12(16)18/h9-10H,3-8H2,1-2H3,(H,14,18)/t9-,13-/m1/s1. The Hall–Kier alpha value is -1.14. The van der Waals surface area contributed by atoms with Gasteiger partial charge in [0.05, 0.1) is 19.4 Å². The zero-order valence-electron chi connectivity index (χ0n) is 11.5. The molecule has 6 heteroatoms. The highest BCUT2D eigenvalue weighted by Crippen LogP contribution is 2.42. The Morgan fingerprint density at radius 1 is 1.42 bits per heavy atom. The SMILES string of the molecule is C[C@@H]1CN(CN2C(=O)N[C@](C)(C3CC3)C2=O)CCO1. The second-order valence-corrected chi connectivity index (χ2v) is 6.04. The average Bonchev–Trinajstić information content (AvgIpc) is 3.16. The Labute approximate surface area is 113 Å². The number of carbonyl (C=O) groups is 2. The summed E-state index contributed by atoms with van der Waals surface area (Å²) in [5.41, 5.74) is -0.672. The summed E-state index contributed by atoms with van der Waals surface area (Å²) in [6.45, 7) is 6.42. The molecule has 1 aliphatic carbocycles. The number of rotatable bonds is 3. The van der Waals surface area contributed by atoms with Crippen molar-refractivity contribution in [3.63, 3.8) is 0 Å². The molecule has 3 amide bonds. The van der Waals surface area contributed by atoms with Gasteiger partial charge in [-0.2, -0.15) is 0 Å². The van der Waals surface area contributed by atoms with E-state index in [4.69, 9.17) is 4.74 Å². The zero-order valence-corrected chi connectivity index (χ0v) is 11.5. The summed E-state index contributed by atoms with van der Waals surface area (Å²) in [6, 6.07) is -0.251. The number of carbonyl (C=O) groups excluding carboxylic acids is 2. The Morgan fingerprint density at radius 3 is 2.79 bits per heavy atom. The Bertz CT molecular complexity index is 410. The van der Waals surface area contributed by atoms with Gasteiger partial charge in [0.1, 0.15) is 5.54 Å². The van der Waals surface area contributed by atoms with E-state index in [2.05, 4.69) is 10.2 Å². The van der Waals surface area contributed by atoms with Crippen LogP contribution < -0.4 is 5.32 Å². The van der Waals surface area contributed by atoms with Crippen LogP contribution in [0.4, 0.5) is 4.79 Å². The average molecular weight is 267 g/mol. The molecule has 0 spiro atoms. The number of hydrogen-bond acceptors (Lipinski definition) is 4. The van der Waals surface area contributed by atoms with E-state index in [1.165, 1.54) is 4.90 Å². The molecule has 2 atom stereocenters. The lowest BCUT2D eigenvalue weighted by molar-refractivity contribution is -0.134. The largest absolute Gasteiger partial charge is 0.376 e. The summed E-state index contributed by atoms with van der Waals surface area (Å²) in [6.07, 6.45) is 2.22. The molecule has 0 bridgehead atoms. The van der Waals surface area contributed by atoms with Gasteiger partial charge >= 0.3 is 6.03 Å². The van der Waals surface area contributed by atoms with Crippen molar-refractivity contribution in [3.8, 4) is 0 Å². The lowest BCUT2D eigenvalue weighted by Gasteiger charge is -2.33. The summed E-state index contributed by atoms with van der Waals surface area (Å²) in [5, 5.41) is 2.87. The van der Waals surface area contributed by atoms with Crippen LogP contribution in [0.25, 0.3) is 0 Å². The highest BCUT2D eigenvalue weighted by molar-refractivity contribution is 6.07. The smallest absolute Gasteiger partial charge is 0.326 e. The molecule has 106 valence electrons. The van der Waals surface area contributed by atoms with Crippen LogP contribution >= 0.6 is 0 Å². The monoisotopic (exact) mass is 267 g/mol. The second kappa shape index (κ2) is 4.45. The van der Waals surface area contributed by atoms with Crippen molar-refractivity contribution in [2.45, 2.75) is 38.3 Å². The molecule has 3 aliphatic rings. The molecule has 1 saturated carbocycles. The highest BCUT2D eigenvalue weighted by Gasteiger charge is 2.56. The van der Waals surface area contributed by atoms with E-state index in [1.807, 2.05) is 13.8 Å². The number of ether oxygens (including phenoxy) is 1. The zero-order chi connectivity index (χ0) is 13.6. The van der Waals surface area contributed by atoms with Gasteiger partial charge in [-0.3, -0.25) is 9.69 Å². The minimum atomic E-state index is -0.672. The maximum Gasteiger partial charge on any atom is 0.326 e. The molecule has 2 heterocycles. The van der Waals surface area contributed by atoms with Gasteiger partial charge in [0, 0.05) is 13.1 Å². The lowest BCUT2D eigenvalue weighted by atomic mass is 9.96. The summed E-state index contributed by atoms with van der Waals surface area (Å²) >= 11 is 0. The normalized spacial score (nSPS) is 36.7. The first-order chi connectivity index (χ1) is 9.00. The van der Waals surface area contributed by atoms with Crippen LogP contribution in [0.1, 0.15) is 26.7 Å². The van der Waals surface area contributed by atoms with E-state index in [-0.39, 0.29) is 18.0 Å². The van der Waals surface area contributed by atoms with Crippen molar-refractivity contribution in [1.29, 1.82) is 0 Å². The number of amides is 3. The minimum Gasteiger partial charge on any atom is -0.376 e. The Kier molecular flexibility index (Phi) is 3.02. The Morgan fingerprint density at radius 2 is 2.16 bits per heavy atom. The van der Waals surface area contributed by atoms with E-state index in [9.17, 15) is 9.59 Å². The minimum absolute atomic E-state index is 0.0702. The molecule has 3 fully saturated rings. The fourth-order valence-electron chi connectivity index (χ4n) is 3.00. The maximum atomic E-state index is 12.5. The van der Waals surface area contributed by atoms with E-state index in [0.717, 1.165) is 25.9 Å². The van der Waals surface area contributed by atoms with Crippen LogP contribution in [-0.2, 0) is 9.53 Å². The predicted octanol–water partition coefficient (Wildman–Crippen LogP) is 0.385. The van der Waals surface area contributed by atoms with Gasteiger partial charge in [0.15, 0.2) is 0 Å². The fourth-order valence-corrected chi connectivity index (χ4v) is 3.00. The molecule has 0 aromatic heterocycles. The number of hydrogen-bond donors (Lipinski definition) is 1. The maximum absolute atomic E-state index is 12.5. The van der Waals surface area contributed by atoms with Crippen LogP contribution in [0.2, 0.25) is 0 Å². The van der Waals surface area contributed by atoms with E-state index in [0.29, 0.717) is 19.2 Å². The first-order valence-electron chi connectivity index (χ1n) is 6.99. The lowest BCUT2D eigenvalue weighted by Crippen LogP contribution is -2.50. The third-order valence-electron chi connectivity index (χ3n) is 4.36. The first-order valence-corrected chi connectivity index (χ1v) is 6.99. The van der Waals surface area contributed by atoms with Crippen molar-refractivity contribution < 1.29 is 14.3 Å². The van der Waals surface area contributed by atoms with Gasteiger partial charge in [0.2, 0.25) is 0 Å². The molecule has 0 aromatic carbocycles. The Balaban J connectivity index is 1.67. The number of imide groups is 1. The number of nitrogens with one attached hydrogen (secondary N) is 1. The molecule has 2 saturated heterocycles. The van der Waals surface area contributed by atoms with Crippen LogP contribution in [0, 0.1) is 5.92 Å². The number of morpholine rings is 1. The topological polar surface area (TPSA) is 61.9 Å². The van der Waals surface area contributed by atoms with Gasteiger partial charge in [-0.1, -0.05) is 0 Å². The van der Waals surface area contributed by atoms with Gasteiger partial charge in [0.25, 0.3) is 5.91 Å². The van der Waals surface area contributed by atoms with E-state index >= 15 is 0 Å². The third kappa shape index (κ3) is 2.23. The molecular formula is C13H21N3O3. The van der Waals surface area contributed by atoms with E-state index in [1.54, 1.807) is 0 Å². The molecule has 19 heavy (non-hydrogen) atoms. The molecule has 2 aliphatic heterocycles. The summed E-state index contributed by atoms with van der Waals surface area (Å²) in [7, 11) is 0. The van der Waals surface area contributed by atoms with Crippen LogP contribution in [0.15, 0.2) is 0 Å². The molecule has 0 radical (unpaired) electrons. The molecule has 1 N–H and O–H groups in total. The molecule has 0 unspecified atom stereocenters.